The third kappa shape index (κ3) is 3.89. The molecule has 5 heteroatoms. The molecule has 0 heterocycles. The number of hydrogen-bond donors (Lipinski definition) is 1. The molecule has 0 radical (unpaired) electrons. The standard InChI is InChI=1S/C13H23NO4/c1-12(2,3)18-11(16)14-13(10(15)17-4)8-6-5-7-9-13/h5-9H2,1-4H3,(H,14,16). The zero-order valence-electron chi connectivity index (χ0n) is 11.7. The van der Waals surface area contributed by atoms with Gasteiger partial charge in [-0.1, -0.05) is 19.3 Å². The smallest absolute Gasteiger partial charge is 0.408 e. The minimum Gasteiger partial charge on any atom is -0.467 e. The van der Waals surface area contributed by atoms with Crippen molar-refractivity contribution in [1.82, 2.24) is 5.32 Å². The molecule has 0 aromatic heterocycles. The Morgan fingerprint density at radius 2 is 1.67 bits per heavy atom. The Morgan fingerprint density at radius 3 is 2.11 bits per heavy atom. The molecule has 0 atom stereocenters. The summed E-state index contributed by atoms with van der Waals surface area (Å²) in [5.74, 6) is -0.381. The molecule has 0 saturated heterocycles. The summed E-state index contributed by atoms with van der Waals surface area (Å²) in [7, 11) is 1.34. The number of nitrogens with one attached hydrogen (secondary N) is 1. The monoisotopic (exact) mass is 257 g/mol. The minimum atomic E-state index is -0.907. The summed E-state index contributed by atoms with van der Waals surface area (Å²) in [6.45, 7) is 5.37. The number of amides is 1. The van der Waals surface area contributed by atoms with Crippen LogP contribution in [-0.2, 0) is 14.3 Å². The van der Waals surface area contributed by atoms with Crippen LogP contribution in [0.4, 0.5) is 4.79 Å². The maximum atomic E-state index is 11.9. The number of hydrogen-bond acceptors (Lipinski definition) is 4. The van der Waals surface area contributed by atoms with Gasteiger partial charge in [-0.25, -0.2) is 9.59 Å². The van der Waals surface area contributed by atoms with E-state index >= 15 is 0 Å². The van der Waals surface area contributed by atoms with Crippen molar-refractivity contribution in [1.29, 1.82) is 0 Å². The average Bonchev–Trinajstić information content (AvgIpc) is 2.26. The Balaban J connectivity index is 2.73. The van der Waals surface area contributed by atoms with Crippen molar-refractivity contribution in [3.8, 4) is 0 Å². The van der Waals surface area contributed by atoms with Crippen molar-refractivity contribution in [3.63, 3.8) is 0 Å². The summed E-state index contributed by atoms with van der Waals surface area (Å²) < 4.78 is 10.0. The van der Waals surface area contributed by atoms with Crippen molar-refractivity contribution >= 4 is 12.1 Å². The van der Waals surface area contributed by atoms with Crippen molar-refractivity contribution < 1.29 is 19.1 Å². The Morgan fingerprint density at radius 1 is 1.11 bits per heavy atom. The van der Waals surface area contributed by atoms with E-state index in [4.69, 9.17) is 9.47 Å². The number of rotatable bonds is 2. The van der Waals surface area contributed by atoms with Crippen molar-refractivity contribution in [2.24, 2.45) is 0 Å². The molecule has 0 aromatic rings. The molecule has 18 heavy (non-hydrogen) atoms. The second-order valence-corrected chi connectivity index (χ2v) is 5.76. The molecule has 1 amide bonds. The van der Waals surface area contributed by atoms with E-state index in [1.54, 1.807) is 20.8 Å². The predicted octanol–water partition coefficient (Wildman–Crippen LogP) is 2.39. The van der Waals surface area contributed by atoms with Gasteiger partial charge in [0.25, 0.3) is 0 Å². The molecule has 0 unspecified atom stereocenters. The quantitative estimate of drug-likeness (QED) is 0.771. The highest BCUT2D eigenvalue weighted by molar-refractivity contribution is 5.85. The number of methoxy groups -OCH3 is 1. The van der Waals surface area contributed by atoms with Gasteiger partial charge in [-0.3, -0.25) is 0 Å². The fraction of sp³-hybridized carbons (Fsp3) is 0.846. The Hall–Kier alpha value is -1.26. The van der Waals surface area contributed by atoms with Gasteiger partial charge in [0.05, 0.1) is 7.11 Å². The van der Waals surface area contributed by atoms with Crippen molar-refractivity contribution in [2.45, 2.75) is 64.0 Å². The van der Waals surface area contributed by atoms with Gasteiger partial charge in [0.2, 0.25) is 0 Å². The van der Waals surface area contributed by atoms with E-state index in [0.717, 1.165) is 19.3 Å². The summed E-state index contributed by atoms with van der Waals surface area (Å²) >= 11 is 0. The van der Waals surface area contributed by atoms with Gasteiger partial charge in [-0.2, -0.15) is 0 Å². The summed E-state index contributed by atoms with van der Waals surface area (Å²) in [5, 5.41) is 2.70. The lowest BCUT2D eigenvalue weighted by atomic mass is 9.82. The largest absolute Gasteiger partial charge is 0.467 e. The molecule has 1 aliphatic rings. The van der Waals surface area contributed by atoms with Gasteiger partial charge in [-0.05, 0) is 33.6 Å². The summed E-state index contributed by atoms with van der Waals surface area (Å²) in [5.41, 5.74) is -1.48. The molecule has 1 rings (SSSR count). The summed E-state index contributed by atoms with van der Waals surface area (Å²) in [6.07, 6.45) is 3.55. The van der Waals surface area contributed by atoms with Gasteiger partial charge in [0, 0.05) is 0 Å². The normalized spacial score (nSPS) is 18.9. The van der Waals surface area contributed by atoms with E-state index in [2.05, 4.69) is 5.32 Å². The number of alkyl carbamates (subject to hydrolysis) is 1. The van der Waals surface area contributed by atoms with Gasteiger partial charge >= 0.3 is 12.1 Å². The second kappa shape index (κ2) is 5.59. The Labute approximate surface area is 108 Å². The minimum absolute atomic E-state index is 0.381. The lowest BCUT2D eigenvalue weighted by Crippen LogP contribution is -2.57. The zero-order chi connectivity index (χ0) is 13.8. The molecule has 0 bridgehead atoms. The number of ether oxygens (including phenoxy) is 2. The van der Waals surface area contributed by atoms with Gasteiger partial charge in [0.1, 0.15) is 11.1 Å². The molecular formula is C13H23NO4. The van der Waals surface area contributed by atoms with Crippen LogP contribution >= 0.6 is 0 Å². The van der Waals surface area contributed by atoms with Gasteiger partial charge in [0.15, 0.2) is 0 Å². The van der Waals surface area contributed by atoms with Crippen LogP contribution in [0.2, 0.25) is 0 Å². The van der Waals surface area contributed by atoms with Gasteiger partial charge < -0.3 is 14.8 Å². The maximum absolute atomic E-state index is 11.9. The van der Waals surface area contributed by atoms with Crippen LogP contribution in [0.15, 0.2) is 0 Å². The van der Waals surface area contributed by atoms with Crippen molar-refractivity contribution in [3.05, 3.63) is 0 Å². The predicted molar refractivity (Wildman–Crippen MR) is 67.2 cm³/mol. The van der Waals surface area contributed by atoms with E-state index in [1.165, 1.54) is 7.11 Å². The first-order chi connectivity index (χ1) is 8.29. The molecule has 0 aromatic carbocycles. The van der Waals surface area contributed by atoms with Crippen LogP contribution < -0.4 is 5.32 Å². The average molecular weight is 257 g/mol. The van der Waals surface area contributed by atoms with E-state index < -0.39 is 17.2 Å². The lowest BCUT2D eigenvalue weighted by Gasteiger charge is -2.35. The van der Waals surface area contributed by atoms with E-state index in [0.29, 0.717) is 12.8 Å². The lowest BCUT2D eigenvalue weighted by molar-refractivity contribution is -0.150. The third-order valence-electron chi connectivity index (χ3n) is 3.02. The van der Waals surface area contributed by atoms with Crippen LogP contribution in [0, 0.1) is 0 Å². The SMILES string of the molecule is COC(=O)C1(NC(=O)OC(C)(C)C)CCCCC1. The summed E-state index contributed by atoms with van der Waals surface area (Å²) in [6, 6.07) is 0. The van der Waals surface area contributed by atoms with Crippen molar-refractivity contribution in [2.75, 3.05) is 7.11 Å². The molecule has 5 nitrogen and oxygen atoms in total. The van der Waals surface area contributed by atoms with E-state index in [1.807, 2.05) is 0 Å². The highest BCUT2D eigenvalue weighted by atomic mass is 16.6. The molecule has 1 N–H and O–H groups in total. The number of carbonyl (C=O) groups excluding carboxylic acids is 2. The first-order valence-corrected chi connectivity index (χ1v) is 6.39. The van der Waals surface area contributed by atoms with Crippen LogP contribution in [0.25, 0.3) is 0 Å². The number of carbonyl (C=O) groups is 2. The number of esters is 1. The fourth-order valence-electron chi connectivity index (χ4n) is 2.23. The molecule has 1 aliphatic carbocycles. The van der Waals surface area contributed by atoms with E-state index in [9.17, 15) is 9.59 Å². The Bertz CT molecular complexity index is 313. The first kappa shape index (κ1) is 14.8. The Kier molecular flexibility index (Phi) is 4.59. The molecule has 1 saturated carbocycles. The van der Waals surface area contributed by atoms with Crippen LogP contribution in [0.1, 0.15) is 52.9 Å². The fourth-order valence-corrected chi connectivity index (χ4v) is 2.23. The molecular weight excluding hydrogens is 234 g/mol. The molecule has 0 spiro atoms. The topological polar surface area (TPSA) is 64.6 Å². The zero-order valence-corrected chi connectivity index (χ0v) is 11.7. The maximum Gasteiger partial charge on any atom is 0.408 e. The highest BCUT2D eigenvalue weighted by Crippen LogP contribution is 2.29. The van der Waals surface area contributed by atoms with Crippen LogP contribution in [-0.4, -0.2) is 30.3 Å². The molecule has 104 valence electrons. The van der Waals surface area contributed by atoms with Crippen LogP contribution in [0.5, 0.6) is 0 Å². The second-order valence-electron chi connectivity index (χ2n) is 5.76. The summed E-state index contributed by atoms with van der Waals surface area (Å²) in [4.78, 5) is 23.7. The highest BCUT2D eigenvalue weighted by Gasteiger charge is 2.42. The van der Waals surface area contributed by atoms with E-state index in [-0.39, 0.29) is 5.97 Å². The first-order valence-electron chi connectivity index (χ1n) is 6.39. The molecule has 1 fully saturated rings. The van der Waals surface area contributed by atoms with Crippen LogP contribution in [0.3, 0.4) is 0 Å². The third-order valence-corrected chi connectivity index (χ3v) is 3.02. The van der Waals surface area contributed by atoms with Gasteiger partial charge in [-0.15, -0.1) is 0 Å². The molecule has 0 aliphatic heterocycles.